The summed E-state index contributed by atoms with van der Waals surface area (Å²) in [5.74, 6) is -2.04. The van der Waals surface area contributed by atoms with E-state index in [9.17, 15) is 14.4 Å². The van der Waals surface area contributed by atoms with Crippen molar-refractivity contribution in [2.75, 3.05) is 20.2 Å². The highest BCUT2D eigenvalue weighted by atomic mass is 16.5. The number of methoxy groups -OCH3 is 1. The van der Waals surface area contributed by atoms with Gasteiger partial charge in [0, 0.05) is 6.54 Å². The number of carbonyl (C=O) groups excluding carboxylic acids is 2. The van der Waals surface area contributed by atoms with Gasteiger partial charge in [-0.05, 0) is 5.92 Å². The minimum Gasteiger partial charge on any atom is -0.481 e. The van der Waals surface area contributed by atoms with Crippen molar-refractivity contribution < 1.29 is 24.2 Å². The van der Waals surface area contributed by atoms with Gasteiger partial charge in [0.15, 0.2) is 0 Å². The molecule has 0 spiro atoms. The summed E-state index contributed by atoms with van der Waals surface area (Å²) < 4.78 is 4.50. The van der Waals surface area contributed by atoms with Gasteiger partial charge in [-0.1, -0.05) is 26.7 Å². The van der Waals surface area contributed by atoms with Crippen LogP contribution in [-0.2, 0) is 19.1 Å². The minimum atomic E-state index is -1.19. The van der Waals surface area contributed by atoms with Gasteiger partial charge in [0.25, 0.3) is 0 Å². The van der Waals surface area contributed by atoms with Crippen molar-refractivity contribution in [2.24, 2.45) is 5.92 Å². The zero-order valence-electron chi connectivity index (χ0n) is 11.1. The highest BCUT2D eigenvalue weighted by Gasteiger charge is 2.22. The van der Waals surface area contributed by atoms with E-state index in [4.69, 9.17) is 5.11 Å². The van der Waals surface area contributed by atoms with Crippen molar-refractivity contribution in [3.8, 4) is 0 Å². The van der Waals surface area contributed by atoms with Crippen LogP contribution in [0.3, 0.4) is 0 Å². The van der Waals surface area contributed by atoms with Crippen LogP contribution < -0.4 is 0 Å². The Hall–Kier alpha value is -1.59. The second kappa shape index (κ2) is 8.49. The van der Waals surface area contributed by atoms with Gasteiger partial charge in [0.2, 0.25) is 5.91 Å². The molecule has 6 nitrogen and oxygen atoms in total. The second-order valence-electron chi connectivity index (χ2n) is 4.10. The van der Waals surface area contributed by atoms with Crippen LogP contribution in [0.5, 0.6) is 0 Å². The number of carbonyl (C=O) groups is 3. The van der Waals surface area contributed by atoms with E-state index in [-0.39, 0.29) is 12.5 Å². The van der Waals surface area contributed by atoms with Crippen LogP contribution in [0.4, 0.5) is 0 Å². The second-order valence-corrected chi connectivity index (χ2v) is 4.10. The molecule has 0 heterocycles. The number of esters is 1. The van der Waals surface area contributed by atoms with Crippen LogP contribution in [0, 0.1) is 5.92 Å². The van der Waals surface area contributed by atoms with Crippen LogP contribution in [0.15, 0.2) is 0 Å². The lowest BCUT2D eigenvalue weighted by atomic mass is 10.0. The maximum atomic E-state index is 11.7. The summed E-state index contributed by atoms with van der Waals surface area (Å²) in [4.78, 5) is 34.7. The standard InChI is InChI=1S/C12H21NO5/c1-4-9(5-2)7-13(8-12(17)18-3)10(14)6-11(15)16/h9H,4-8H2,1-3H3,(H,15,16). The van der Waals surface area contributed by atoms with E-state index in [1.807, 2.05) is 13.8 Å². The first-order valence-electron chi connectivity index (χ1n) is 6.00. The molecule has 0 saturated carbocycles. The first-order chi connectivity index (χ1) is 8.44. The summed E-state index contributed by atoms with van der Waals surface area (Å²) in [6, 6.07) is 0. The normalized spacial score (nSPS) is 10.2. The summed E-state index contributed by atoms with van der Waals surface area (Å²) in [7, 11) is 1.24. The summed E-state index contributed by atoms with van der Waals surface area (Å²) in [6.07, 6.45) is 1.14. The highest BCUT2D eigenvalue weighted by Crippen LogP contribution is 2.11. The van der Waals surface area contributed by atoms with E-state index < -0.39 is 24.3 Å². The molecule has 0 aliphatic rings. The lowest BCUT2D eigenvalue weighted by Crippen LogP contribution is -2.40. The molecule has 0 bridgehead atoms. The molecule has 0 aliphatic carbocycles. The molecular weight excluding hydrogens is 238 g/mol. The van der Waals surface area contributed by atoms with E-state index in [0.29, 0.717) is 6.54 Å². The summed E-state index contributed by atoms with van der Waals surface area (Å²) in [6.45, 7) is 4.17. The summed E-state index contributed by atoms with van der Waals surface area (Å²) in [5.41, 5.74) is 0. The van der Waals surface area contributed by atoms with E-state index in [1.54, 1.807) is 0 Å². The van der Waals surface area contributed by atoms with Crippen LogP contribution in [0.1, 0.15) is 33.1 Å². The molecule has 0 atom stereocenters. The molecule has 1 N–H and O–H groups in total. The van der Waals surface area contributed by atoms with E-state index in [0.717, 1.165) is 12.8 Å². The Labute approximate surface area is 107 Å². The topological polar surface area (TPSA) is 83.9 Å². The van der Waals surface area contributed by atoms with Crippen molar-refractivity contribution in [3.63, 3.8) is 0 Å². The zero-order chi connectivity index (χ0) is 14.1. The van der Waals surface area contributed by atoms with Crippen LogP contribution in [0.2, 0.25) is 0 Å². The molecular formula is C12H21NO5. The lowest BCUT2D eigenvalue weighted by Gasteiger charge is -2.25. The Bertz CT molecular complexity index is 299. The van der Waals surface area contributed by atoms with Gasteiger partial charge in [-0.2, -0.15) is 0 Å². The molecule has 0 unspecified atom stereocenters. The van der Waals surface area contributed by atoms with Gasteiger partial charge >= 0.3 is 11.9 Å². The first kappa shape index (κ1) is 16.4. The van der Waals surface area contributed by atoms with Crippen LogP contribution >= 0.6 is 0 Å². The number of aliphatic carboxylic acids is 1. The number of rotatable bonds is 8. The Morgan fingerprint density at radius 2 is 1.78 bits per heavy atom. The molecule has 0 rings (SSSR count). The summed E-state index contributed by atoms with van der Waals surface area (Å²) >= 11 is 0. The average molecular weight is 259 g/mol. The fourth-order valence-corrected chi connectivity index (χ4v) is 1.57. The monoisotopic (exact) mass is 259 g/mol. The lowest BCUT2D eigenvalue weighted by molar-refractivity contribution is -0.151. The maximum Gasteiger partial charge on any atom is 0.325 e. The third kappa shape index (κ3) is 6.22. The van der Waals surface area contributed by atoms with Crippen LogP contribution in [-0.4, -0.2) is 48.1 Å². The fraction of sp³-hybridized carbons (Fsp3) is 0.750. The largest absolute Gasteiger partial charge is 0.481 e. The number of ether oxygens (including phenoxy) is 1. The van der Waals surface area contributed by atoms with Crippen molar-refractivity contribution in [1.29, 1.82) is 0 Å². The number of hydrogen-bond donors (Lipinski definition) is 1. The molecule has 0 aliphatic heterocycles. The Morgan fingerprint density at radius 3 is 2.17 bits per heavy atom. The van der Waals surface area contributed by atoms with Gasteiger partial charge in [-0.15, -0.1) is 0 Å². The molecule has 0 saturated heterocycles. The molecule has 0 aromatic carbocycles. The van der Waals surface area contributed by atoms with Gasteiger partial charge in [0.1, 0.15) is 13.0 Å². The molecule has 0 fully saturated rings. The molecule has 18 heavy (non-hydrogen) atoms. The van der Waals surface area contributed by atoms with Gasteiger partial charge in [-0.25, -0.2) is 0 Å². The minimum absolute atomic E-state index is 0.195. The van der Waals surface area contributed by atoms with Gasteiger partial charge < -0.3 is 14.7 Å². The molecule has 0 aromatic heterocycles. The third-order valence-corrected chi connectivity index (χ3v) is 2.84. The molecule has 0 aromatic rings. The maximum absolute atomic E-state index is 11.7. The molecule has 1 amide bonds. The van der Waals surface area contributed by atoms with Gasteiger partial charge in [0.05, 0.1) is 7.11 Å². The van der Waals surface area contributed by atoms with E-state index in [1.165, 1.54) is 12.0 Å². The summed E-state index contributed by atoms with van der Waals surface area (Å²) in [5, 5.41) is 8.61. The Balaban J connectivity index is 4.64. The Kier molecular flexibility index (Phi) is 7.74. The van der Waals surface area contributed by atoms with Crippen LogP contribution in [0.25, 0.3) is 0 Å². The third-order valence-electron chi connectivity index (χ3n) is 2.84. The predicted molar refractivity (Wildman–Crippen MR) is 64.9 cm³/mol. The van der Waals surface area contributed by atoms with Crippen molar-refractivity contribution in [2.45, 2.75) is 33.1 Å². The predicted octanol–water partition coefficient (Wildman–Crippen LogP) is 0.899. The van der Waals surface area contributed by atoms with Crippen molar-refractivity contribution in [1.82, 2.24) is 4.90 Å². The average Bonchev–Trinajstić information content (AvgIpc) is 2.33. The smallest absolute Gasteiger partial charge is 0.325 e. The quantitative estimate of drug-likeness (QED) is 0.517. The number of carboxylic acid groups (broad SMARTS) is 1. The highest BCUT2D eigenvalue weighted by molar-refractivity contribution is 5.94. The molecule has 0 radical (unpaired) electrons. The van der Waals surface area contributed by atoms with E-state index >= 15 is 0 Å². The van der Waals surface area contributed by atoms with Gasteiger partial charge in [-0.3, -0.25) is 14.4 Å². The fourth-order valence-electron chi connectivity index (χ4n) is 1.57. The zero-order valence-corrected chi connectivity index (χ0v) is 11.1. The Morgan fingerprint density at radius 1 is 1.22 bits per heavy atom. The van der Waals surface area contributed by atoms with Crippen molar-refractivity contribution >= 4 is 17.8 Å². The SMILES string of the molecule is CCC(CC)CN(CC(=O)OC)C(=O)CC(=O)O. The molecule has 104 valence electrons. The van der Waals surface area contributed by atoms with Crippen molar-refractivity contribution in [3.05, 3.63) is 0 Å². The first-order valence-corrected chi connectivity index (χ1v) is 6.00. The number of nitrogens with zero attached hydrogens (tertiary/aromatic N) is 1. The molecule has 6 heteroatoms. The number of carboxylic acids is 1. The number of hydrogen-bond acceptors (Lipinski definition) is 4. The number of amides is 1. The van der Waals surface area contributed by atoms with E-state index in [2.05, 4.69) is 4.74 Å².